The molecule has 0 radical (unpaired) electrons. The van der Waals surface area contributed by atoms with E-state index in [0.29, 0.717) is 5.75 Å². The standard InChI is InChI=1S/C8H13FO2S/c9-5-8(4-7(10)11)2-1-3-12-6-8/h1-6H2,(H,10,11). The van der Waals surface area contributed by atoms with Gasteiger partial charge in [0.25, 0.3) is 0 Å². The Kier molecular flexibility index (Phi) is 3.38. The molecule has 0 aromatic heterocycles. The van der Waals surface area contributed by atoms with Crippen molar-refractivity contribution in [2.45, 2.75) is 19.3 Å². The molecule has 0 saturated carbocycles. The molecule has 4 heteroatoms. The average Bonchev–Trinajstić information content (AvgIpc) is 2.05. The summed E-state index contributed by atoms with van der Waals surface area (Å²) in [5.41, 5.74) is -0.561. The van der Waals surface area contributed by atoms with Gasteiger partial charge in [-0.1, -0.05) is 0 Å². The number of halogens is 1. The maximum atomic E-state index is 12.6. The number of aliphatic carboxylic acids is 1. The van der Waals surface area contributed by atoms with Gasteiger partial charge in [-0.25, -0.2) is 0 Å². The molecule has 1 aliphatic heterocycles. The lowest BCUT2D eigenvalue weighted by molar-refractivity contribution is -0.139. The molecule has 0 aromatic rings. The van der Waals surface area contributed by atoms with Crippen LogP contribution in [0.3, 0.4) is 0 Å². The fourth-order valence-electron chi connectivity index (χ4n) is 1.52. The predicted molar refractivity (Wildman–Crippen MR) is 47.2 cm³/mol. The van der Waals surface area contributed by atoms with Gasteiger partial charge in [-0.2, -0.15) is 11.8 Å². The summed E-state index contributed by atoms with van der Waals surface area (Å²) < 4.78 is 12.6. The Morgan fingerprint density at radius 2 is 2.42 bits per heavy atom. The Labute approximate surface area is 75.5 Å². The van der Waals surface area contributed by atoms with Crippen molar-refractivity contribution in [1.82, 2.24) is 0 Å². The smallest absolute Gasteiger partial charge is 0.304 e. The van der Waals surface area contributed by atoms with E-state index in [1.165, 1.54) is 0 Å². The summed E-state index contributed by atoms with van der Waals surface area (Å²) in [6.07, 6.45) is 1.65. The third-order valence-electron chi connectivity index (χ3n) is 2.21. The summed E-state index contributed by atoms with van der Waals surface area (Å²) in [7, 11) is 0. The number of carboxylic acid groups (broad SMARTS) is 1. The summed E-state index contributed by atoms with van der Waals surface area (Å²) >= 11 is 1.67. The number of carboxylic acids is 1. The monoisotopic (exact) mass is 192 g/mol. The molecule has 1 atom stereocenters. The average molecular weight is 192 g/mol. The van der Waals surface area contributed by atoms with Crippen LogP contribution in [0.15, 0.2) is 0 Å². The number of alkyl halides is 1. The van der Waals surface area contributed by atoms with Crippen LogP contribution in [0, 0.1) is 5.41 Å². The quantitative estimate of drug-likeness (QED) is 0.742. The van der Waals surface area contributed by atoms with Crippen LogP contribution in [0.5, 0.6) is 0 Å². The Hall–Kier alpha value is -0.250. The summed E-state index contributed by atoms with van der Waals surface area (Å²) in [6, 6.07) is 0. The fraction of sp³-hybridized carbons (Fsp3) is 0.875. The van der Waals surface area contributed by atoms with E-state index in [2.05, 4.69) is 0 Å². The highest BCUT2D eigenvalue weighted by molar-refractivity contribution is 7.99. The number of carbonyl (C=O) groups is 1. The highest BCUT2D eigenvalue weighted by Gasteiger charge is 2.34. The largest absolute Gasteiger partial charge is 0.481 e. The van der Waals surface area contributed by atoms with Gasteiger partial charge in [-0.05, 0) is 18.6 Å². The highest BCUT2D eigenvalue weighted by Crippen LogP contribution is 2.37. The van der Waals surface area contributed by atoms with Gasteiger partial charge in [0.2, 0.25) is 0 Å². The number of thioether (sulfide) groups is 1. The van der Waals surface area contributed by atoms with Gasteiger partial charge in [-0.3, -0.25) is 9.18 Å². The molecule has 70 valence electrons. The van der Waals surface area contributed by atoms with Crippen molar-refractivity contribution in [1.29, 1.82) is 0 Å². The van der Waals surface area contributed by atoms with Gasteiger partial charge in [0, 0.05) is 11.2 Å². The molecule has 0 amide bonds. The first-order valence-corrected chi connectivity index (χ1v) is 5.19. The van der Waals surface area contributed by atoms with Crippen molar-refractivity contribution in [3.63, 3.8) is 0 Å². The third-order valence-corrected chi connectivity index (χ3v) is 3.61. The molecule has 0 bridgehead atoms. The second-order valence-corrected chi connectivity index (χ2v) is 4.47. The molecule has 1 unspecified atom stereocenters. The number of hydrogen-bond acceptors (Lipinski definition) is 2. The normalized spacial score (nSPS) is 30.1. The molecular formula is C8H13FO2S. The molecule has 1 fully saturated rings. The van der Waals surface area contributed by atoms with E-state index < -0.39 is 18.1 Å². The summed E-state index contributed by atoms with van der Waals surface area (Å²) in [4.78, 5) is 10.5. The molecule has 1 heterocycles. The summed E-state index contributed by atoms with van der Waals surface area (Å²) in [6.45, 7) is -0.494. The van der Waals surface area contributed by atoms with Gasteiger partial charge in [-0.15, -0.1) is 0 Å². The van der Waals surface area contributed by atoms with Crippen LogP contribution in [-0.2, 0) is 4.79 Å². The second-order valence-electron chi connectivity index (χ2n) is 3.36. The van der Waals surface area contributed by atoms with Crippen molar-refractivity contribution < 1.29 is 14.3 Å². The Morgan fingerprint density at radius 3 is 2.83 bits per heavy atom. The third kappa shape index (κ3) is 2.37. The summed E-state index contributed by atoms with van der Waals surface area (Å²) in [5, 5.41) is 8.59. The molecule has 0 aromatic carbocycles. The Morgan fingerprint density at radius 1 is 1.67 bits per heavy atom. The predicted octanol–water partition coefficient (Wildman–Crippen LogP) is 1.94. The molecule has 1 aliphatic rings. The first kappa shape index (κ1) is 9.84. The van der Waals surface area contributed by atoms with Gasteiger partial charge < -0.3 is 5.11 Å². The molecule has 1 N–H and O–H groups in total. The van der Waals surface area contributed by atoms with Gasteiger partial charge in [0.1, 0.15) is 0 Å². The lowest BCUT2D eigenvalue weighted by Gasteiger charge is -2.32. The lowest BCUT2D eigenvalue weighted by Crippen LogP contribution is -2.32. The Bertz CT molecular complexity index is 166. The SMILES string of the molecule is O=C(O)CC1(CF)CCCSC1. The zero-order valence-corrected chi connectivity index (χ0v) is 7.70. The minimum atomic E-state index is -0.879. The Balaban J connectivity index is 2.53. The van der Waals surface area contributed by atoms with Crippen molar-refractivity contribution >= 4 is 17.7 Å². The second kappa shape index (κ2) is 4.12. The van der Waals surface area contributed by atoms with E-state index in [-0.39, 0.29) is 6.42 Å². The zero-order valence-electron chi connectivity index (χ0n) is 6.88. The maximum Gasteiger partial charge on any atom is 0.304 e. The van der Waals surface area contributed by atoms with Crippen molar-refractivity contribution in [3.05, 3.63) is 0 Å². The van der Waals surface area contributed by atoms with Crippen LogP contribution >= 0.6 is 11.8 Å². The number of rotatable bonds is 3. The lowest BCUT2D eigenvalue weighted by atomic mass is 9.83. The van der Waals surface area contributed by atoms with Gasteiger partial charge in [0.15, 0.2) is 0 Å². The van der Waals surface area contributed by atoms with E-state index in [4.69, 9.17) is 5.11 Å². The molecule has 0 spiro atoms. The van der Waals surface area contributed by atoms with Crippen LogP contribution in [0.2, 0.25) is 0 Å². The van der Waals surface area contributed by atoms with Crippen LogP contribution in [-0.4, -0.2) is 29.3 Å². The molecule has 1 rings (SSSR count). The fourth-order valence-corrected chi connectivity index (χ4v) is 2.77. The first-order chi connectivity index (χ1) is 5.68. The topological polar surface area (TPSA) is 37.3 Å². The van der Waals surface area contributed by atoms with Crippen LogP contribution in [0.4, 0.5) is 4.39 Å². The van der Waals surface area contributed by atoms with Crippen LogP contribution in [0.25, 0.3) is 0 Å². The van der Waals surface area contributed by atoms with Crippen molar-refractivity contribution in [2.75, 3.05) is 18.2 Å². The van der Waals surface area contributed by atoms with E-state index in [1.54, 1.807) is 11.8 Å². The van der Waals surface area contributed by atoms with E-state index in [9.17, 15) is 9.18 Å². The van der Waals surface area contributed by atoms with Gasteiger partial charge >= 0.3 is 5.97 Å². The van der Waals surface area contributed by atoms with Crippen LogP contribution < -0.4 is 0 Å². The molecular weight excluding hydrogens is 179 g/mol. The highest BCUT2D eigenvalue weighted by atomic mass is 32.2. The first-order valence-electron chi connectivity index (χ1n) is 4.04. The minimum Gasteiger partial charge on any atom is -0.481 e. The van der Waals surface area contributed by atoms with Gasteiger partial charge in [0.05, 0.1) is 13.1 Å². The maximum absolute atomic E-state index is 12.6. The zero-order chi connectivity index (χ0) is 9.03. The molecule has 2 nitrogen and oxygen atoms in total. The minimum absolute atomic E-state index is 0.0174. The van der Waals surface area contributed by atoms with E-state index >= 15 is 0 Å². The van der Waals surface area contributed by atoms with E-state index in [0.717, 1.165) is 18.6 Å². The molecule has 12 heavy (non-hydrogen) atoms. The summed E-state index contributed by atoms with van der Waals surface area (Å²) in [5.74, 6) is 0.826. The van der Waals surface area contributed by atoms with Crippen molar-refractivity contribution in [3.8, 4) is 0 Å². The molecule has 0 aliphatic carbocycles. The number of hydrogen-bond donors (Lipinski definition) is 1. The molecule has 1 saturated heterocycles. The van der Waals surface area contributed by atoms with Crippen LogP contribution in [0.1, 0.15) is 19.3 Å². The van der Waals surface area contributed by atoms with Crippen molar-refractivity contribution in [2.24, 2.45) is 5.41 Å². The van der Waals surface area contributed by atoms with E-state index in [1.807, 2.05) is 0 Å².